The van der Waals surface area contributed by atoms with Gasteiger partial charge in [-0.1, -0.05) is 23.0 Å². The highest BCUT2D eigenvalue weighted by Crippen LogP contribution is 2.29. The van der Waals surface area contributed by atoms with Gasteiger partial charge >= 0.3 is 0 Å². The Morgan fingerprint density at radius 2 is 2.20 bits per heavy atom. The number of nitrogens with zero attached hydrogens (tertiary/aromatic N) is 3. The van der Waals surface area contributed by atoms with Gasteiger partial charge in [0.25, 0.3) is 5.91 Å². The Balaban J connectivity index is 2.20. The van der Waals surface area contributed by atoms with Crippen molar-refractivity contribution in [1.82, 2.24) is 9.88 Å². The SMILES string of the molecule is CCN(CC)c1nc(N)c(C(=O)N2CCC=C(C)C2)s1. The van der Waals surface area contributed by atoms with E-state index in [0.29, 0.717) is 17.2 Å². The molecule has 0 fully saturated rings. The summed E-state index contributed by atoms with van der Waals surface area (Å²) in [7, 11) is 0. The Hall–Kier alpha value is -1.56. The molecule has 0 aromatic carbocycles. The van der Waals surface area contributed by atoms with Crippen LogP contribution >= 0.6 is 11.3 Å². The third-order valence-electron chi connectivity index (χ3n) is 3.49. The highest BCUT2D eigenvalue weighted by molar-refractivity contribution is 7.18. The summed E-state index contributed by atoms with van der Waals surface area (Å²) in [5, 5.41) is 0.833. The summed E-state index contributed by atoms with van der Waals surface area (Å²) in [6.07, 6.45) is 3.10. The molecule has 1 aromatic rings. The van der Waals surface area contributed by atoms with Gasteiger partial charge in [-0.15, -0.1) is 0 Å². The highest BCUT2D eigenvalue weighted by atomic mass is 32.1. The minimum absolute atomic E-state index is 0.00542. The fourth-order valence-corrected chi connectivity index (χ4v) is 3.41. The number of anilines is 2. The Morgan fingerprint density at radius 1 is 1.50 bits per heavy atom. The van der Waals surface area contributed by atoms with E-state index in [0.717, 1.165) is 31.2 Å². The number of carbonyl (C=O) groups is 1. The summed E-state index contributed by atoms with van der Waals surface area (Å²) in [6.45, 7) is 9.37. The summed E-state index contributed by atoms with van der Waals surface area (Å²) in [4.78, 5) is 21.4. The van der Waals surface area contributed by atoms with Crippen LogP contribution < -0.4 is 10.6 Å². The smallest absolute Gasteiger partial charge is 0.268 e. The van der Waals surface area contributed by atoms with Crippen molar-refractivity contribution in [2.75, 3.05) is 36.8 Å². The molecule has 0 radical (unpaired) electrons. The van der Waals surface area contributed by atoms with E-state index in [-0.39, 0.29) is 5.91 Å². The molecule has 0 aliphatic carbocycles. The molecule has 0 spiro atoms. The number of hydrogen-bond donors (Lipinski definition) is 1. The number of nitrogens with two attached hydrogens (primary N) is 1. The summed E-state index contributed by atoms with van der Waals surface area (Å²) >= 11 is 1.40. The maximum absolute atomic E-state index is 12.5. The molecule has 0 bridgehead atoms. The minimum atomic E-state index is 0.00542. The average molecular weight is 294 g/mol. The van der Waals surface area contributed by atoms with Crippen LogP contribution in [-0.4, -0.2) is 42.0 Å². The first kappa shape index (κ1) is 14.8. The van der Waals surface area contributed by atoms with Crippen LogP contribution in [0.4, 0.5) is 10.9 Å². The standard InChI is InChI=1S/C14H22N4OS/c1-4-17(5-2)14-16-12(15)11(20-14)13(19)18-8-6-7-10(3)9-18/h7H,4-6,8-9,15H2,1-3H3. The minimum Gasteiger partial charge on any atom is -0.382 e. The molecule has 0 saturated heterocycles. The molecule has 2 N–H and O–H groups in total. The second-order valence-corrected chi connectivity index (χ2v) is 5.93. The molecule has 6 heteroatoms. The predicted octanol–water partition coefficient (Wildman–Crippen LogP) is 2.36. The lowest BCUT2D eigenvalue weighted by molar-refractivity contribution is 0.0771. The van der Waals surface area contributed by atoms with E-state index in [1.807, 2.05) is 4.90 Å². The molecule has 5 nitrogen and oxygen atoms in total. The fraction of sp³-hybridized carbons (Fsp3) is 0.571. The van der Waals surface area contributed by atoms with E-state index in [1.165, 1.54) is 16.9 Å². The normalized spacial score (nSPS) is 15.2. The lowest BCUT2D eigenvalue weighted by atomic mass is 10.1. The van der Waals surface area contributed by atoms with Crippen LogP contribution in [0.15, 0.2) is 11.6 Å². The highest BCUT2D eigenvalue weighted by Gasteiger charge is 2.24. The molecule has 1 aliphatic rings. The van der Waals surface area contributed by atoms with Gasteiger partial charge in [-0.2, -0.15) is 0 Å². The molecule has 1 amide bonds. The second kappa shape index (κ2) is 6.26. The number of thiazole rings is 1. The zero-order valence-electron chi connectivity index (χ0n) is 12.3. The molecule has 20 heavy (non-hydrogen) atoms. The third kappa shape index (κ3) is 2.95. The van der Waals surface area contributed by atoms with Gasteiger partial charge < -0.3 is 15.5 Å². The number of nitrogen functional groups attached to an aromatic ring is 1. The van der Waals surface area contributed by atoms with Crippen LogP contribution in [0.5, 0.6) is 0 Å². The van der Waals surface area contributed by atoms with Crippen LogP contribution in [0.3, 0.4) is 0 Å². The van der Waals surface area contributed by atoms with E-state index < -0.39 is 0 Å². The van der Waals surface area contributed by atoms with Gasteiger partial charge in [0.2, 0.25) is 0 Å². The molecule has 1 aliphatic heterocycles. The first-order valence-corrected chi connectivity index (χ1v) is 7.84. The van der Waals surface area contributed by atoms with Crippen molar-refractivity contribution in [2.45, 2.75) is 27.2 Å². The van der Waals surface area contributed by atoms with Crippen LogP contribution in [0, 0.1) is 0 Å². The van der Waals surface area contributed by atoms with Gasteiger partial charge in [0.05, 0.1) is 0 Å². The van der Waals surface area contributed by atoms with Crippen LogP contribution in [0.2, 0.25) is 0 Å². The molecule has 2 rings (SSSR count). The summed E-state index contributed by atoms with van der Waals surface area (Å²) < 4.78 is 0. The molecular formula is C14H22N4OS. The largest absolute Gasteiger partial charge is 0.382 e. The number of amides is 1. The maximum Gasteiger partial charge on any atom is 0.268 e. The first-order valence-electron chi connectivity index (χ1n) is 7.03. The lowest BCUT2D eigenvalue weighted by Crippen LogP contribution is -2.35. The zero-order chi connectivity index (χ0) is 14.7. The zero-order valence-corrected chi connectivity index (χ0v) is 13.2. The van der Waals surface area contributed by atoms with Gasteiger partial charge in [0, 0.05) is 26.2 Å². The second-order valence-electron chi connectivity index (χ2n) is 4.95. The van der Waals surface area contributed by atoms with Crippen molar-refractivity contribution < 1.29 is 4.79 Å². The summed E-state index contributed by atoms with van der Waals surface area (Å²) in [6, 6.07) is 0. The fourth-order valence-electron chi connectivity index (χ4n) is 2.33. The number of rotatable bonds is 4. The van der Waals surface area contributed by atoms with Crippen molar-refractivity contribution in [3.05, 3.63) is 16.5 Å². The third-order valence-corrected chi connectivity index (χ3v) is 4.61. The van der Waals surface area contributed by atoms with Crippen LogP contribution in [-0.2, 0) is 0 Å². The van der Waals surface area contributed by atoms with Gasteiger partial charge in [-0.05, 0) is 27.2 Å². The van der Waals surface area contributed by atoms with E-state index in [4.69, 9.17) is 5.73 Å². The van der Waals surface area contributed by atoms with E-state index in [9.17, 15) is 4.79 Å². The Labute approximate surface area is 124 Å². The van der Waals surface area contributed by atoms with Crippen molar-refractivity contribution in [1.29, 1.82) is 0 Å². The van der Waals surface area contributed by atoms with Gasteiger partial charge in [-0.25, -0.2) is 4.98 Å². The summed E-state index contributed by atoms with van der Waals surface area (Å²) in [5.41, 5.74) is 7.17. The molecule has 0 atom stereocenters. The van der Waals surface area contributed by atoms with E-state index >= 15 is 0 Å². The van der Waals surface area contributed by atoms with Crippen LogP contribution in [0.25, 0.3) is 0 Å². The monoisotopic (exact) mass is 294 g/mol. The van der Waals surface area contributed by atoms with Crippen molar-refractivity contribution >= 4 is 28.2 Å². The predicted molar refractivity (Wildman–Crippen MR) is 84.4 cm³/mol. The van der Waals surface area contributed by atoms with Crippen molar-refractivity contribution in [3.8, 4) is 0 Å². The van der Waals surface area contributed by atoms with Gasteiger partial charge in [0.1, 0.15) is 10.7 Å². The molecule has 0 saturated carbocycles. The number of carbonyl (C=O) groups excluding carboxylic acids is 1. The molecular weight excluding hydrogens is 272 g/mol. The number of aromatic nitrogens is 1. The summed E-state index contributed by atoms with van der Waals surface area (Å²) in [5.74, 6) is 0.361. The Kier molecular flexibility index (Phi) is 4.65. The average Bonchev–Trinajstić information content (AvgIpc) is 2.81. The van der Waals surface area contributed by atoms with Crippen LogP contribution in [0.1, 0.15) is 36.9 Å². The quantitative estimate of drug-likeness (QED) is 0.866. The van der Waals surface area contributed by atoms with E-state index in [1.54, 1.807) is 0 Å². The van der Waals surface area contributed by atoms with Gasteiger partial charge in [-0.3, -0.25) is 4.79 Å². The molecule has 110 valence electrons. The topological polar surface area (TPSA) is 62.5 Å². The lowest BCUT2D eigenvalue weighted by Gasteiger charge is -2.25. The molecule has 1 aromatic heterocycles. The number of hydrogen-bond acceptors (Lipinski definition) is 5. The van der Waals surface area contributed by atoms with E-state index in [2.05, 4.69) is 36.7 Å². The Morgan fingerprint density at radius 3 is 2.80 bits per heavy atom. The molecule has 0 unspecified atom stereocenters. The van der Waals surface area contributed by atoms with Crippen molar-refractivity contribution in [2.24, 2.45) is 0 Å². The maximum atomic E-state index is 12.5. The van der Waals surface area contributed by atoms with Gasteiger partial charge in [0.15, 0.2) is 5.13 Å². The Bertz CT molecular complexity index is 519. The first-order chi connectivity index (χ1) is 9.56. The molecule has 2 heterocycles. The van der Waals surface area contributed by atoms with Crippen molar-refractivity contribution in [3.63, 3.8) is 0 Å².